The lowest BCUT2D eigenvalue weighted by molar-refractivity contribution is -0.123. The number of carbonyl (C=O) groups excluding carboxylic acids is 2. The molecule has 0 aliphatic rings. The molecule has 29 heavy (non-hydrogen) atoms. The second kappa shape index (κ2) is 9.07. The summed E-state index contributed by atoms with van der Waals surface area (Å²) in [5.74, 6) is -0.640. The Kier molecular flexibility index (Phi) is 6.51. The first kappa shape index (κ1) is 20.8. The Bertz CT molecular complexity index is 1040. The number of ether oxygens (including phenoxy) is 2. The highest BCUT2D eigenvalue weighted by atomic mass is 35.5. The molecule has 1 aromatic heterocycles. The van der Waals surface area contributed by atoms with Gasteiger partial charge in [-0.15, -0.1) is 11.3 Å². The first-order valence-corrected chi connectivity index (χ1v) is 9.96. The smallest absolute Gasteiger partial charge is 0.351 e. The minimum Gasteiger partial charge on any atom is -0.495 e. The van der Waals surface area contributed by atoms with Gasteiger partial charge in [-0.1, -0.05) is 41.9 Å². The number of hydrogen-bond donors (Lipinski definition) is 1. The van der Waals surface area contributed by atoms with E-state index in [1.807, 2.05) is 30.3 Å². The summed E-state index contributed by atoms with van der Waals surface area (Å²) in [6.45, 7) is 3.24. The van der Waals surface area contributed by atoms with Gasteiger partial charge in [0.05, 0.1) is 18.5 Å². The number of thiazole rings is 1. The maximum absolute atomic E-state index is 12.6. The van der Waals surface area contributed by atoms with E-state index in [0.29, 0.717) is 27.0 Å². The van der Waals surface area contributed by atoms with E-state index in [0.717, 1.165) is 10.6 Å². The number of benzene rings is 2. The molecule has 0 bridgehead atoms. The van der Waals surface area contributed by atoms with Gasteiger partial charge in [0.15, 0.2) is 6.10 Å². The van der Waals surface area contributed by atoms with Gasteiger partial charge in [-0.3, -0.25) is 4.79 Å². The molecule has 1 unspecified atom stereocenters. The van der Waals surface area contributed by atoms with Crippen molar-refractivity contribution < 1.29 is 19.1 Å². The van der Waals surface area contributed by atoms with Gasteiger partial charge in [0.25, 0.3) is 5.91 Å². The lowest BCUT2D eigenvalue weighted by atomic mass is 10.2. The Morgan fingerprint density at radius 3 is 2.59 bits per heavy atom. The fourth-order valence-electron chi connectivity index (χ4n) is 2.57. The number of halogens is 1. The molecule has 0 saturated heterocycles. The van der Waals surface area contributed by atoms with E-state index >= 15 is 0 Å². The van der Waals surface area contributed by atoms with E-state index in [2.05, 4.69) is 10.3 Å². The predicted octanol–water partition coefficient (Wildman–Crippen LogP) is 4.96. The van der Waals surface area contributed by atoms with Crippen molar-refractivity contribution in [3.8, 4) is 16.3 Å². The van der Waals surface area contributed by atoms with E-state index in [4.69, 9.17) is 21.1 Å². The largest absolute Gasteiger partial charge is 0.495 e. The predicted molar refractivity (Wildman–Crippen MR) is 114 cm³/mol. The van der Waals surface area contributed by atoms with Crippen molar-refractivity contribution in [2.75, 3.05) is 12.4 Å². The molecule has 0 aliphatic carbocycles. The SMILES string of the molecule is COc1ccc(Cl)cc1NC(=O)C(C)OC(=O)c1sc(-c2ccccc2)nc1C. The number of anilines is 1. The average molecular weight is 431 g/mol. The zero-order valence-electron chi connectivity index (χ0n) is 16.1. The molecule has 1 heterocycles. The summed E-state index contributed by atoms with van der Waals surface area (Å²) in [7, 11) is 1.49. The van der Waals surface area contributed by atoms with Gasteiger partial charge in [0.1, 0.15) is 15.6 Å². The van der Waals surface area contributed by atoms with Crippen LogP contribution in [0.15, 0.2) is 48.5 Å². The Morgan fingerprint density at radius 1 is 1.17 bits per heavy atom. The maximum Gasteiger partial charge on any atom is 0.351 e. The zero-order chi connectivity index (χ0) is 21.0. The number of hydrogen-bond acceptors (Lipinski definition) is 6. The summed E-state index contributed by atoms with van der Waals surface area (Å²) in [4.78, 5) is 29.9. The van der Waals surface area contributed by atoms with Crippen LogP contribution in [0.1, 0.15) is 22.3 Å². The molecule has 0 spiro atoms. The van der Waals surface area contributed by atoms with Crippen LogP contribution in [0.5, 0.6) is 5.75 Å². The monoisotopic (exact) mass is 430 g/mol. The van der Waals surface area contributed by atoms with Crippen LogP contribution in [-0.4, -0.2) is 30.1 Å². The first-order valence-electron chi connectivity index (χ1n) is 8.77. The number of aromatic nitrogens is 1. The molecule has 0 radical (unpaired) electrons. The molecular weight excluding hydrogens is 412 g/mol. The Labute approximate surface area is 177 Å². The van der Waals surface area contributed by atoms with Crippen molar-refractivity contribution in [1.29, 1.82) is 0 Å². The molecule has 0 aliphatic heterocycles. The summed E-state index contributed by atoms with van der Waals surface area (Å²) in [5, 5.41) is 3.83. The number of esters is 1. The molecule has 3 aromatic rings. The molecule has 6 nitrogen and oxygen atoms in total. The first-order chi connectivity index (χ1) is 13.9. The van der Waals surface area contributed by atoms with E-state index < -0.39 is 18.0 Å². The van der Waals surface area contributed by atoms with Crippen molar-refractivity contribution >= 4 is 40.5 Å². The van der Waals surface area contributed by atoms with Crippen LogP contribution < -0.4 is 10.1 Å². The zero-order valence-corrected chi connectivity index (χ0v) is 17.6. The lowest BCUT2D eigenvalue weighted by Crippen LogP contribution is -2.30. The van der Waals surface area contributed by atoms with Crippen molar-refractivity contribution in [2.45, 2.75) is 20.0 Å². The highest BCUT2D eigenvalue weighted by Gasteiger charge is 2.24. The average Bonchev–Trinajstić information content (AvgIpc) is 3.10. The van der Waals surface area contributed by atoms with Crippen molar-refractivity contribution in [3.05, 3.63) is 64.1 Å². The summed E-state index contributed by atoms with van der Waals surface area (Å²) >= 11 is 7.21. The number of nitrogens with one attached hydrogen (secondary N) is 1. The van der Waals surface area contributed by atoms with Gasteiger partial charge >= 0.3 is 5.97 Å². The molecule has 8 heteroatoms. The fraction of sp³-hybridized carbons (Fsp3) is 0.190. The van der Waals surface area contributed by atoms with Crippen LogP contribution in [0.3, 0.4) is 0 Å². The minimum atomic E-state index is -1.02. The number of aryl methyl sites for hydroxylation is 1. The fourth-order valence-corrected chi connectivity index (χ4v) is 3.70. The normalized spacial score (nSPS) is 11.6. The van der Waals surface area contributed by atoms with Crippen molar-refractivity contribution in [1.82, 2.24) is 4.98 Å². The van der Waals surface area contributed by atoms with Crippen molar-refractivity contribution in [3.63, 3.8) is 0 Å². The van der Waals surface area contributed by atoms with Crippen LogP contribution in [0, 0.1) is 6.92 Å². The Hall–Kier alpha value is -2.90. The quantitative estimate of drug-likeness (QED) is 0.559. The van der Waals surface area contributed by atoms with Gasteiger partial charge in [0.2, 0.25) is 0 Å². The summed E-state index contributed by atoms with van der Waals surface area (Å²) in [5.41, 5.74) is 1.87. The summed E-state index contributed by atoms with van der Waals surface area (Å²) in [6, 6.07) is 14.4. The minimum absolute atomic E-state index is 0.365. The number of nitrogens with zero attached hydrogens (tertiary/aromatic N) is 1. The van der Waals surface area contributed by atoms with Crippen molar-refractivity contribution in [2.24, 2.45) is 0 Å². The van der Waals surface area contributed by atoms with Gasteiger partial charge in [0, 0.05) is 10.6 Å². The second-order valence-electron chi connectivity index (χ2n) is 6.18. The highest BCUT2D eigenvalue weighted by molar-refractivity contribution is 7.17. The van der Waals surface area contributed by atoms with Gasteiger partial charge in [-0.25, -0.2) is 9.78 Å². The molecule has 2 aromatic carbocycles. The molecule has 1 N–H and O–H groups in total. The number of amides is 1. The lowest BCUT2D eigenvalue weighted by Gasteiger charge is -2.15. The Balaban J connectivity index is 1.70. The Morgan fingerprint density at radius 2 is 1.90 bits per heavy atom. The maximum atomic E-state index is 12.6. The summed E-state index contributed by atoms with van der Waals surface area (Å²) in [6.07, 6.45) is -1.02. The second-order valence-corrected chi connectivity index (χ2v) is 7.62. The molecule has 3 rings (SSSR count). The number of methoxy groups -OCH3 is 1. The number of rotatable bonds is 6. The third kappa shape index (κ3) is 4.93. The van der Waals surface area contributed by atoms with Gasteiger partial charge < -0.3 is 14.8 Å². The molecular formula is C21H19ClN2O4S. The van der Waals surface area contributed by atoms with Gasteiger partial charge in [-0.05, 0) is 32.0 Å². The van der Waals surface area contributed by atoms with Crippen LogP contribution in [0.4, 0.5) is 5.69 Å². The standard InChI is InChI=1S/C21H19ClN2O4S/c1-12-18(29-20(23-12)14-7-5-4-6-8-14)21(26)28-13(2)19(25)24-16-11-15(22)9-10-17(16)27-3/h4-11,13H,1-3H3,(H,24,25). The van der Waals surface area contributed by atoms with E-state index in [1.165, 1.54) is 25.4 Å². The molecule has 0 fully saturated rings. The topological polar surface area (TPSA) is 77.5 Å². The molecule has 0 saturated carbocycles. The molecule has 1 atom stereocenters. The van der Waals surface area contributed by atoms with Crippen LogP contribution in [-0.2, 0) is 9.53 Å². The summed E-state index contributed by atoms with van der Waals surface area (Å²) < 4.78 is 10.6. The third-order valence-corrected chi connectivity index (χ3v) is 5.50. The van der Waals surface area contributed by atoms with Crippen LogP contribution in [0.2, 0.25) is 5.02 Å². The molecule has 1 amide bonds. The third-order valence-electron chi connectivity index (χ3n) is 4.08. The van der Waals surface area contributed by atoms with Crippen LogP contribution >= 0.6 is 22.9 Å². The van der Waals surface area contributed by atoms with E-state index in [1.54, 1.807) is 25.1 Å². The van der Waals surface area contributed by atoms with E-state index in [9.17, 15) is 9.59 Å². The van der Waals surface area contributed by atoms with E-state index in [-0.39, 0.29) is 0 Å². The molecule has 150 valence electrons. The van der Waals surface area contributed by atoms with Gasteiger partial charge in [-0.2, -0.15) is 0 Å². The number of carbonyl (C=O) groups is 2. The van der Waals surface area contributed by atoms with Crippen LogP contribution in [0.25, 0.3) is 10.6 Å². The highest BCUT2D eigenvalue weighted by Crippen LogP contribution is 2.29.